The highest BCUT2D eigenvalue weighted by molar-refractivity contribution is 9.10. The van der Waals surface area contributed by atoms with Crippen LogP contribution < -0.4 is 5.32 Å². The first kappa shape index (κ1) is 12.8. The van der Waals surface area contributed by atoms with E-state index >= 15 is 0 Å². The third-order valence-corrected chi connectivity index (χ3v) is 3.20. The molecule has 1 unspecified atom stereocenters. The van der Waals surface area contributed by atoms with Crippen LogP contribution in [0, 0.1) is 6.92 Å². The number of aryl methyl sites for hydroxylation is 1. The minimum Gasteiger partial charge on any atom is -0.394 e. The molecule has 0 aliphatic rings. The number of nitrogens with one attached hydrogen (secondary N) is 1. The van der Waals surface area contributed by atoms with Crippen LogP contribution in [0.2, 0.25) is 5.02 Å². The molecule has 0 aromatic heterocycles. The zero-order valence-electron chi connectivity index (χ0n) is 8.30. The lowest BCUT2D eigenvalue weighted by atomic mass is 10.2. The normalized spacial score (nSPS) is 12.6. The first-order valence-corrected chi connectivity index (χ1v) is 5.70. The van der Waals surface area contributed by atoms with Gasteiger partial charge in [-0.2, -0.15) is 0 Å². The van der Waals surface area contributed by atoms with Gasteiger partial charge in [-0.3, -0.25) is 0 Å². The predicted octanol–water partition coefficient (Wildman–Crippen LogP) is 2.18. The largest absolute Gasteiger partial charge is 0.394 e. The van der Waals surface area contributed by atoms with Crippen molar-refractivity contribution in [3.05, 3.63) is 27.2 Å². The van der Waals surface area contributed by atoms with Gasteiger partial charge in [0.2, 0.25) is 0 Å². The molecule has 5 heteroatoms. The molecule has 0 saturated carbocycles. The Labute approximate surface area is 102 Å². The lowest BCUT2D eigenvalue weighted by Gasteiger charge is -2.13. The highest BCUT2D eigenvalue weighted by Crippen LogP contribution is 2.28. The maximum atomic E-state index is 9.18. The molecule has 0 fully saturated rings. The van der Waals surface area contributed by atoms with Gasteiger partial charge in [-0.15, -0.1) is 0 Å². The minimum atomic E-state index is -0.758. The van der Waals surface area contributed by atoms with Crippen molar-refractivity contribution in [2.75, 3.05) is 18.5 Å². The highest BCUT2D eigenvalue weighted by Gasteiger charge is 2.06. The Morgan fingerprint density at radius 3 is 2.80 bits per heavy atom. The van der Waals surface area contributed by atoms with Crippen LogP contribution in [0.4, 0.5) is 5.69 Å². The predicted molar refractivity (Wildman–Crippen MR) is 65.5 cm³/mol. The molecule has 0 spiro atoms. The minimum absolute atomic E-state index is 0.254. The van der Waals surface area contributed by atoms with E-state index in [1.807, 2.05) is 13.0 Å². The van der Waals surface area contributed by atoms with E-state index in [4.69, 9.17) is 16.7 Å². The summed E-state index contributed by atoms with van der Waals surface area (Å²) in [6.45, 7) is 1.99. The summed E-state index contributed by atoms with van der Waals surface area (Å²) in [7, 11) is 0. The number of aliphatic hydroxyl groups excluding tert-OH is 2. The van der Waals surface area contributed by atoms with Crippen LogP contribution in [-0.4, -0.2) is 29.5 Å². The van der Waals surface area contributed by atoms with Crippen molar-refractivity contribution >= 4 is 33.2 Å². The van der Waals surface area contributed by atoms with Gasteiger partial charge in [0.15, 0.2) is 0 Å². The fourth-order valence-electron chi connectivity index (χ4n) is 1.13. The number of halogens is 2. The standard InChI is InChI=1S/C10H13BrClNO2/c1-6-2-8(11)9(12)3-10(6)13-4-7(15)5-14/h2-3,7,13-15H,4-5H2,1H3. The van der Waals surface area contributed by atoms with E-state index in [-0.39, 0.29) is 6.61 Å². The average Bonchev–Trinajstić information content (AvgIpc) is 2.21. The van der Waals surface area contributed by atoms with Crippen molar-refractivity contribution in [3.8, 4) is 0 Å². The second kappa shape index (κ2) is 5.70. The summed E-state index contributed by atoms with van der Waals surface area (Å²) in [4.78, 5) is 0. The quantitative estimate of drug-likeness (QED) is 0.798. The zero-order valence-corrected chi connectivity index (χ0v) is 10.6. The molecular weight excluding hydrogens is 281 g/mol. The number of hydrogen-bond acceptors (Lipinski definition) is 3. The maximum absolute atomic E-state index is 9.18. The van der Waals surface area contributed by atoms with E-state index in [0.29, 0.717) is 11.6 Å². The Kier molecular flexibility index (Phi) is 4.86. The third-order valence-electron chi connectivity index (χ3n) is 2.01. The lowest BCUT2D eigenvalue weighted by molar-refractivity contribution is 0.105. The van der Waals surface area contributed by atoms with Gasteiger partial charge in [-0.25, -0.2) is 0 Å². The van der Waals surface area contributed by atoms with Crippen LogP contribution >= 0.6 is 27.5 Å². The van der Waals surface area contributed by atoms with Gasteiger partial charge in [0.1, 0.15) is 0 Å². The van der Waals surface area contributed by atoms with E-state index in [1.165, 1.54) is 0 Å². The Balaban J connectivity index is 2.73. The van der Waals surface area contributed by atoms with E-state index in [1.54, 1.807) is 6.07 Å². The van der Waals surface area contributed by atoms with Crippen molar-refractivity contribution in [2.45, 2.75) is 13.0 Å². The van der Waals surface area contributed by atoms with E-state index in [2.05, 4.69) is 21.2 Å². The van der Waals surface area contributed by atoms with E-state index < -0.39 is 6.10 Å². The smallest absolute Gasteiger partial charge is 0.0942 e. The molecule has 1 aromatic carbocycles. The molecule has 3 nitrogen and oxygen atoms in total. The summed E-state index contributed by atoms with van der Waals surface area (Å²) >= 11 is 9.26. The van der Waals surface area contributed by atoms with Crippen LogP contribution in [-0.2, 0) is 0 Å². The van der Waals surface area contributed by atoms with Gasteiger partial charge < -0.3 is 15.5 Å². The topological polar surface area (TPSA) is 52.5 Å². The van der Waals surface area contributed by atoms with Crippen LogP contribution in [0.1, 0.15) is 5.56 Å². The summed E-state index contributed by atoms with van der Waals surface area (Å²) in [5.74, 6) is 0. The second-order valence-electron chi connectivity index (χ2n) is 3.30. The molecule has 0 heterocycles. The molecule has 15 heavy (non-hydrogen) atoms. The SMILES string of the molecule is Cc1cc(Br)c(Cl)cc1NCC(O)CO. The summed E-state index contributed by atoms with van der Waals surface area (Å²) in [6.07, 6.45) is -0.758. The van der Waals surface area contributed by atoms with Gasteiger partial charge in [-0.05, 0) is 40.5 Å². The number of benzene rings is 1. The Morgan fingerprint density at radius 2 is 2.20 bits per heavy atom. The Hall–Kier alpha value is -0.290. The van der Waals surface area contributed by atoms with E-state index in [9.17, 15) is 5.11 Å². The maximum Gasteiger partial charge on any atom is 0.0942 e. The average molecular weight is 295 g/mol. The molecule has 1 rings (SSSR count). The zero-order chi connectivity index (χ0) is 11.4. The summed E-state index contributed by atoms with van der Waals surface area (Å²) in [5, 5.41) is 21.5. The molecule has 84 valence electrons. The fourth-order valence-corrected chi connectivity index (χ4v) is 1.75. The first-order valence-electron chi connectivity index (χ1n) is 4.53. The van der Waals surface area contributed by atoms with Crippen LogP contribution in [0.25, 0.3) is 0 Å². The number of anilines is 1. The van der Waals surface area contributed by atoms with Crippen molar-refractivity contribution in [1.29, 1.82) is 0 Å². The molecular formula is C10H13BrClNO2. The van der Waals surface area contributed by atoms with Crippen LogP contribution in [0.5, 0.6) is 0 Å². The number of rotatable bonds is 4. The van der Waals surface area contributed by atoms with Crippen molar-refractivity contribution in [3.63, 3.8) is 0 Å². The molecule has 0 radical (unpaired) electrons. The molecule has 3 N–H and O–H groups in total. The van der Waals surface area contributed by atoms with Gasteiger partial charge in [-0.1, -0.05) is 11.6 Å². The van der Waals surface area contributed by atoms with Crippen LogP contribution in [0.3, 0.4) is 0 Å². The van der Waals surface area contributed by atoms with Crippen molar-refractivity contribution < 1.29 is 10.2 Å². The van der Waals surface area contributed by atoms with Crippen molar-refractivity contribution in [1.82, 2.24) is 0 Å². The molecule has 0 bridgehead atoms. The number of aliphatic hydroxyl groups is 2. The monoisotopic (exact) mass is 293 g/mol. The second-order valence-corrected chi connectivity index (χ2v) is 4.56. The molecule has 1 aromatic rings. The van der Waals surface area contributed by atoms with Gasteiger partial charge >= 0.3 is 0 Å². The third kappa shape index (κ3) is 3.65. The van der Waals surface area contributed by atoms with Gasteiger partial charge in [0.25, 0.3) is 0 Å². The first-order chi connectivity index (χ1) is 7.04. The van der Waals surface area contributed by atoms with Gasteiger partial charge in [0.05, 0.1) is 17.7 Å². The van der Waals surface area contributed by atoms with E-state index in [0.717, 1.165) is 15.7 Å². The van der Waals surface area contributed by atoms with Crippen LogP contribution in [0.15, 0.2) is 16.6 Å². The summed E-state index contributed by atoms with van der Waals surface area (Å²) in [6, 6.07) is 3.68. The molecule has 0 aliphatic carbocycles. The highest BCUT2D eigenvalue weighted by atomic mass is 79.9. The van der Waals surface area contributed by atoms with Crippen molar-refractivity contribution in [2.24, 2.45) is 0 Å². The molecule has 0 amide bonds. The van der Waals surface area contributed by atoms with Gasteiger partial charge in [0, 0.05) is 16.7 Å². The lowest BCUT2D eigenvalue weighted by Crippen LogP contribution is -2.23. The molecule has 0 aliphatic heterocycles. The molecule has 0 saturated heterocycles. The Morgan fingerprint density at radius 1 is 1.53 bits per heavy atom. The molecule has 1 atom stereocenters. The summed E-state index contributed by atoms with van der Waals surface area (Å²) in [5.41, 5.74) is 1.88. The summed E-state index contributed by atoms with van der Waals surface area (Å²) < 4.78 is 0.843. The number of hydrogen-bond donors (Lipinski definition) is 3. The Bertz CT molecular complexity index is 346. The fraction of sp³-hybridized carbons (Fsp3) is 0.400.